The van der Waals surface area contributed by atoms with Crippen LogP contribution in [-0.2, 0) is 4.79 Å². The number of benzene rings is 1. The molecule has 0 radical (unpaired) electrons. The lowest BCUT2D eigenvalue weighted by molar-refractivity contribution is -0.273. The van der Waals surface area contributed by atoms with Crippen LogP contribution < -0.4 is 4.90 Å². The standard InChI is InChI=1S/C17H21F3N2O2/c18-17(19,20)16(24)8-11-21(12-9-16)14-7-4-10-22(15(14)23)13-5-2-1-3-6-13/h1-3,5-6,14,24H,4,7-12H2. The Morgan fingerprint density at radius 3 is 2.29 bits per heavy atom. The lowest BCUT2D eigenvalue weighted by Crippen LogP contribution is -2.59. The summed E-state index contributed by atoms with van der Waals surface area (Å²) in [5, 5.41) is 9.77. The smallest absolute Gasteiger partial charge is 0.380 e. The van der Waals surface area contributed by atoms with Gasteiger partial charge in [0.2, 0.25) is 5.91 Å². The number of hydrogen-bond donors (Lipinski definition) is 1. The van der Waals surface area contributed by atoms with E-state index in [1.807, 2.05) is 30.3 Å². The van der Waals surface area contributed by atoms with Crippen molar-refractivity contribution in [3.63, 3.8) is 0 Å². The number of aliphatic hydroxyl groups is 1. The van der Waals surface area contributed by atoms with Gasteiger partial charge in [-0.05, 0) is 37.8 Å². The van der Waals surface area contributed by atoms with Crippen molar-refractivity contribution in [2.24, 2.45) is 0 Å². The monoisotopic (exact) mass is 342 g/mol. The van der Waals surface area contributed by atoms with E-state index in [1.165, 1.54) is 0 Å². The molecule has 1 N–H and O–H groups in total. The molecule has 2 fully saturated rings. The van der Waals surface area contributed by atoms with Crippen LogP contribution in [0.1, 0.15) is 25.7 Å². The number of carbonyl (C=O) groups excluding carboxylic acids is 1. The first kappa shape index (κ1) is 17.2. The molecule has 2 aliphatic heterocycles. The number of hydrogen-bond acceptors (Lipinski definition) is 3. The average molecular weight is 342 g/mol. The predicted molar refractivity (Wildman–Crippen MR) is 83.6 cm³/mol. The number of carbonyl (C=O) groups is 1. The van der Waals surface area contributed by atoms with Crippen LogP contribution in [0.15, 0.2) is 30.3 Å². The first-order valence-electron chi connectivity index (χ1n) is 8.21. The van der Waals surface area contributed by atoms with Crippen molar-refractivity contribution in [2.75, 3.05) is 24.5 Å². The Bertz CT molecular complexity index is 583. The van der Waals surface area contributed by atoms with E-state index in [9.17, 15) is 23.1 Å². The van der Waals surface area contributed by atoms with Crippen LogP contribution in [0.3, 0.4) is 0 Å². The molecular formula is C17H21F3N2O2. The van der Waals surface area contributed by atoms with Crippen LogP contribution in [0, 0.1) is 0 Å². The molecule has 1 aromatic carbocycles. The Balaban J connectivity index is 1.69. The first-order chi connectivity index (χ1) is 11.3. The van der Waals surface area contributed by atoms with Gasteiger partial charge in [0.05, 0.1) is 6.04 Å². The second kappa shape index (κ2) is 6.37. The van der Waals surface area contributed by atoms with Gasteiger partial charge < -0.3 is 10.0 Å². The van der Waals surface area contributed by atoms with Crippen molar-refractivity contribution >= 4 is 11.6 Å². The van der Waals surface area contributed by atoms with Crippen molar-refractivity contribution in [2.45, 2.75) is 43.5 Å². The highest BCUT2D eigenvalue weighted by Crippen LogP contribution is 2.39. The van der Waals surface area contributed by atoms with E-state index in [2.05, 4.69) is 0 Å². The zero-order valence-electron chi connectivity index (χ0n) is 13.3. The minimum absolute atomic E-state index is 0.0649. The molecule has 0 spiro atoms. The van der Waals surface area contributed by atoms with E-state index >= 15 is 0 Å². The molecule has 1 unspecified atom stereocenters. The normalized spacial score (nSPS) is 25.8. The molecule has 132 valence electrons. The molecule has 0 aromatic heterocycles. The maximum absolute atomic E-state index is 12.9. The zero-order chi connectivity index (χ0) is 17.4. The molecule has 3 rings (SSSR count). The van der Waals surface area contributed by atoms with Gasteiger partial charge in [0.1, 0.15) is 0 Å². The SMILES string of the molecule is O=C1C(N2CCC(O)(C(F)(F)F)CC2)CCCN1c1ccccc1. The van der Waals surface area contributed by atoms with Crippen molar-refractivity contribution in [3.8, 4) is 0 Å². The third-order valence-electron chi connectivity index (χ3n) is 5.07. The van der Waals surface area contributed by atoms with Gasteiger partial charge >= 0.3 is 6.18 Å². The Morgan fingerprint density at radius 1 is 1.08 bits per heavy atom. The van der Waals surface area contributed by atoms with Crippen molar-refractivity contribution in [1.82, 2.24) is 4.90 Å². The number of piperidine rings is 2. The average Bonchev–Trinajstić information content (AvgIpc) is 2.56. The predicted octanol–water partition coefficient (Wildman–Crippen LogP) is 2.57. The zero-order valence-corrected chi connectivity index (χ0v) is 13.3. The van der Waals surface area contributed by atoms with E-state index in [1.54, 1.807) is 9.80 Å². The maximum Gasteiger partial charge on any atom is 0.417 e. The number of rotatable bonds is 2. The molecular weight excluding hydrogens is 321 g/mol. The Morgan fingerprint density at radius 2 is 1.71 bits per heavy atom. The summed E-state index contributed by atoms with van der Waals surface area (Å²) in [5.41, 5.74) is -1.81. The van der Waals surface area contributed by atoms with Gasteiger partial charge in [-0.1, -0.05) is 18.2 Å². The van der Waals surface area contributed by atoms with Gasteiger partial charge in [0.25, 0.3) is 0 Å². The molecule has 1 aromatic rings. The highest BCUT2D eigenvalue weighted by atomic mass is 19.4. The van der Waals surface area contributed by atoms with Crippen molar-refractivity contribution in [1.29, 1.82) is 0 Å². The number of nitrogens with zero attached hydrogens (tertiary/aromatic N) is 2. The van der Waals surface area contributed by atoms with E-state index in [0.29, 0.717) is 13.0 Å². The summed E-state index contributed by atoms with van der Waals surface area (Å²) < 4.78 is 38.7. The summed E-state index contributed by atoms with van der Waals surface area (Å²) in [4.78, 5) is 16.3. The van der Waals surface area contributed by atoms with Crippen LogP contribution in [0.25, 0.3) is 0 Å². The molecule has 7 heteroatoms. The topological polar surface area (TPSA) is 43.8 Å². The molecule has 2 aliphatic rings. The summed E-state index contributed by atoms with van der Waals surface area (Å²) in [6, 6.07) is 8.90. The number of halogens is 3. The molecule has 2 heterocycles. The summed E-state index contributed by atoms with van der Waals surface area (Å²) >= 11 is 0. The third kappa shape index (κ3) is 3.15. The molecule has 0 saturated carbocycles. The highest BCUT2D eigenvalue weighted by Gasteiger charge is 2.55. The number of likely N-dealkylation sites (tertiary alicyclic amines) is 1. The van der Waals surface area contributed by atoms with Crippen LogP contribution in [0.4, 0.5) is 18.9 Å². The fraction of sp³-hybridized carbons (Fsp3) is 0.588. The number of amides is 1. The largest absolute Gasteiger partial charge is 0.417 e. The quantitative estimate of drug-likeness (QED) is 0.898. The minimum atomic E-state index is -4.62. The van der Waals surface area contributed by atoms with Crippen molar-refractivity contribution in [3.05, 3.63) is 30.3 Å². The second-order valence-corrected chi connectivity index (χ2v) is 6.55. The van der Waals surface area contributed by atoms with Crippen LogP contribution >= 0.6 is 0 Å². The van der Waals surface area contributed by atoms with E-state index in [-0.39, 0.29) is 31.8 Å². The molecule has 2 saturated heterocycles. The van der Waals surface area contributed by atoms with E-state index in [0.717, 1.165) is 12.1 Å². The first-order valence-corrected chi connectivity index (χ1v) is 8.21. The van der Waals surface area contributed by atoms with Gasteiger partial charge in [-0.2, -0.15) is 13.2 Å². The summed E-state index contributed by atoms with van der Waals surface area (Å²) in [5.74, 6) is -0.0649. The lowest BCUT2D eigenvalue weighted by atomic mass is 9.89. The summed E-state index contributed by atoms with van der Waals surface area (Å²) in [7, 11) is 0. The summed E-state index contributed by atoms with van der Waals surface area (Å²) in [6.07, 6.45) is -3.93. The second-order valence-electron chi connectivity index (χ2n) is 6.55. The summed E-state index contributed by atoms with van der Waals surface area (Å²) in [6.45, 7) is 0.782. The van der Waals surface area contributed by atoms with Gasteiger partial charge in [-0.25, -0.2) is 0 Å². The van der Waals surface area contributed by atoms with Gasteiger partial charge in [-0.3, -0.25) is 9.69 Å². The molecule has 0 bridgehead atoms. The Kier molecular flexibility index (Phi) is 4.57. The molecule has 1 amide bonds. The molecule has 4 nitrogen and oxygen atoms in total. The van der Waals surface area contributed by atoms with E-state index in [4.69, 9.17) is 0 Å². The Hall–Kier alpha value is -1.60. The van der Waals surface area contributed by atoms with Gasteiger partial charge in [0.15, 0.2) is 5.60 Å². The number of alkyl halides is 3. The number of para-hydroxylation sites is 1. The fourth-order valence-corrected chi connectivity index (χ4v) is 3.55. The van der Waals surface area contributed by atoms with Crippen LogP contribution in [0.2, 0.25) is 0 Å². The molecule has 0 aliphatic carbocycles. The number of anilines is 1. The van der Waals surface area contributed by atoms with Gasteiger partial charge in [0, 0.05) is 25.3 Å². The molecule has 1 atom stereocenters. The van der Waals surface area contributed by atoms with E-state index < -0.39 is 17.8 Å². The maximum atomic E-state index is 12.9. The van der Waals surface area contributed by atoms with Crippen molar-refractivity contribution < 1.29 is 23.1 Å². The lowest BCUT2D eigenvalue weighted by Gasteiger charge is -2.44. The minimum Gasteiger partial charge on any atom is -0.380 e. The molecule has 24 heavy (non-hydrogen) atoms. The Labute approximate surface area is 138 Å². The third-order valence-corrected chi connectivity index (χ3v) is 5.07. The highest BCUT2D eigenvalue weighted by molar-refractivity contribution is 5.97. The van der Waals surface area contributed by atoms with Crippen LogP contribution in [-0.4, -0.2) is 53.4 Å². The fourth-order valence-electron chi connectivity index (χ4n) is 3.55. The van der Waals surface area contributed by atoms with Crippen LogP contribution in [0.5, 0.6) is 0 Å². The van der Waals surface area contributed by atoms with Gasteiger partial charge in [-0.15, -0.1) is 0 Å².